The van der Waals surface area contributed by atoms with Crippen LogP contribution in [0, 0.1) is 16.0 Å². The number of hydrazine groups is 1. The fourth-order valence-electron chi connectivity index (χ4n) is 2.51. The van der Waals surface area contributed by atoms with Crippen molar-refractivity contribution in [2.24, 2.45) is 5.92 Å². The van der Waals surface area contributed by atoms with Gasteiger partial charge in [0.2, 0.25) is 0 Å². The molecule has 0 bridgehead atoms. The normalized spacial score (nSPS) is 15.8. The van der Waals surface area contributed by atoms with E-state index in [-0.39, 0.29) is 5.92 Å². The Bertz CT molecular complexity index is 512. The van der Waals surface area contributed by atoms with Crippen LogP contribution in [-0.2, 0) is 9.47 Å². The molecule has 0 spiro atoms. The molecule has 9 heteroatoms. The lowest BCUT2D eigenvalue weighted by atomic mass is 9.89. The average Bonchev–Trinajstić information content (AvgIpc) is 2.50. The number of amides is 2. The average molecular weight is 357 g/mol. The van der Waals surface area contributed by atoms with Crippen LogP contribution in [0.3, 0.4) is 0 Å². The first-order valence-electron chi connectivity index (χ1n) is 8.55. The van der Waals surface area contributed by atoms with E-state index in [0.717, 1.165) is 32.1 Å². The van der Waals surface area contributed by atoms with Gasteiger partial charge in [-0.1, -0.05) is 19.3 Å². The third kappa shape index (κ3) is 7.40. The summed E-state index contributed by atoms with van der Waals surface area (Å²) in [6.45, 7) is 6.48. The quantitative estimate of drug-likeness (QED) is 0.594. The van der Waals surface area contributed by atoms with Gasteiger partial charge in [-0.3, -0.25) is 0 Å². The Morgan fingerprint density at radius 2 is 1.68 bits per heavy atom. The molecular formula is C16H27N3O6. The summed E-state index contributed by atoms with van der Waals surface area (Å²) in [5.74, 6) is -0.551. The highest BCUT2D eigenvalue weighted by Gasteiger charge is 2.36. The van der Waals surface area contributed by atoms with E-state index in [9.17, 15) is 19.7 Å². The number of allylic oxidation sites excluding steroid dienone is 1. The van der Waals surface area contributed by atoms with Crippen LogP contribution in [0.25, 0.3) is 0 Å². The van der Waals surface area contributed by atoms with Gasteiger partial charge in [0.25, 0.3) is 0 Å². The lowest BCUT2D eigenvalue weighted by Crippen LogP contribution is -2.48. The zero-order valence-corrected chi connectivity index (χ0v) is 15.2. The number of carbonyl (C=O) groups is 2. The summed E-state index contributed by atoms with van der Waals surface area (Å²) in [5.41, 5.74) is 2.11. The molecule has 9 nitrogen and oxygen atoms in total. The van der Waals surface area contributed by atoms with Gasteiger partial charge in [-0.25, -0.2) is 4.79 Å². The molecular weight excluding hydrogens is 330 g/mol. The predicted molar refractivity (Wildman–Crippen MR) is 89.9 cm³/mol. The van der Waals surface area contributed by atoms with Gasteiger partial charge in [0.05, 0.1) is 6.10 Å². The monoisotopic (exact) mass is 357 g/mol. The third-order valence-corrected chi connectivity index (χ3v) is 3.52. The van der Waals surface area contributed by atoms with Crippen LogP contribution in [-0.4, -0.2) is 34.3 Å². The standard InChI is InChI=1S/C16H27N3O6/c1-11(2)24-15(20)17-18(16(21)25-12(3)4)14(19(22)23)10-13-8-6-5-7-9-13/h10-13H,5-9H2,1-4H3,(H,17,20)/b14-10+. The first-order valence-corrected chi connectivity index (χ1v) is 8.55. The number of nitro groups is 1. The highest BCUT2D eigenvalue weighted by Crippen LogP contribution is 2.26. The first-order chi connectivity index (χ1) is 11.7. The summed E-state index contributed by atoms with van der Waals surface area (Å²) in [4.78, 5) is 34.9. The Kier molecular flexibility index (Phi) is 8.17. The zero-order chi connectivity index (χ0) is 19.0. The maximum atomic E-state index is 12.3. The molecule has 0 aromatic rings. The van der Waals surface area contributed by atoms with Gasteiger partial charge in [-0.15, -0.1) is 5.43 Å². The minimum Gasteiger partial charge on any atom is -0.445 e. The SMILES string of the molecule is CC(C)OC(=O)NN(C(=O)OC(C)C)/C(=C\C1CCCCC1)[N+](=O)[O-]. The van der Waals surface area contributed by atoms with Crippen molar-refractivity contribution in [3.8, 4) is 0 Å². The maximum absolute atomic E-state index is 12.3. The van der Waals surface area contributed by atoms with Crippen LogP contribution in [0.5, 0.6) is 0 Å². The second kappa shape index (κ2) is 9.85. The van der Waals surface area contributed by atoms with Gasteiger partial charge in [0.15, 0.2) is 0 Å². The summed E-state index contributed by atoms with van der Waals surface area (Å²) >= 11 is 0. The van der Waals surface area contributed by atoms with Crippen molar-refractivity contribution in [1.82, 2.24) is 10.4 Å². The molecule has 0 aliphatic heterocycles. The maximum Gasteiger partial charge on any atom is 0.532 e. The van der Waals surface area contributed by atoms with E-state index in [4.69, 9.17) is 9.47 Å². The smallest absolute Gasteiger partial charge is 0.445 e. The summed E-state index contributed by atoms with van der Waals surface area (Å²) in [5, 5.41) is 12.0. The zero-order valence-electron chi connectivity index (χ0n) is 15.2. The Morgan fingerprint density at radius 3 is 2.16 bits per heavy atom. The van der Waals surface area contributed by atoms with Crippen molar-refractivity contribution in [3.63, 3.8) is 0 Å². The molecule has 1 saturated carbocycles. The molecule has 25 heavy (non-hydrogen) atoms. The van der Waals surface area contributed by atoms with E-state index >= 15 is 0 Å². The second-order valence-corrected chi connectivity index (χ2v) is 6.51. The topological polar surface area (TPSA) is 111 Å². The van der Waals surface area contributed by atoms with Crippen LogP contribution < -0.4 is 5.43 Å². The van der Waals surface area contributed by atoms with E-state index < -0.39 is 35.1 Å². The van der Waals surface area contributed by atoms with Crippen LogP contribution in [0.15, 0.2) is 11.9 Å². The van der Waals surface area contributed by atoms with Gasteiger partial charge >= 0.3 is 18.0 Å². The number of hydrogen-bond acceptors (Lipinski definition) is 6. The number of nitrogens with one attached hydrogen (secondary N) is 1. The first kappa shape index (κ1) is 20.7. The third-order valence-electron chi connectivity index (χ3n) is 3.52. The largest absolute Gasteiger partial charge is 0.532 e. The van der Waals surface area contributed by atoms with Crippen molar-refractivity contribution >= 4 is 12.2 Å². The molecule has 0 unspecified atom stereocenters. The van der Waals surface area contributed by atoms with E-state index in [0.29, 0.717) is 5.01 Å². The van der Waals surface area contributed by atoms with Crippen molar-refractivity contribution in [1.29, 1.82) is 0 Å². The molecule has 2 amide bonds. The Balaban J connectivity index is 3.05. The highest BCUT2D eigenvalue weighted by atomic mass is 16.6. The highest BCUT2D eigenvalue weighted by molar-refractivity contribution is 5.75. The van der Waals surface area contributed by atoms with Crippen molar-refractivity contribution in [2.75, 3.05) is 0 Å². The fraction of sp³-hybridized carbons (Fsp3) is 0.750. The summed E-state index contributed by atoms with van der Waals surface area (Å²) in [6.07, 6.45) is 3.14. The summed E-state index contributed by atoms with van der Waals surface area (Å²) in [7, 11) is 0. The number of ether oxygens (including phenoxy) is 2. The molecule has 0 heterocycles. The van der Waals surface area contributed by atoms with E-state index in [1.807, 2.05) is 0 Å². The molecule has 1 aliphatic carbocycles. The molecule has 0 saturated heterocycles. The number of carbonyl (C=O) groups excluding carboxylic acids is 2. The van der Waals surface area contributed by atoms with Gasteiger partial charge in [-0.05, 0) is 56.4 Å². The lowest BCUT2D eigenvalue weighted by molar-refractivity contribution is -0.445. The second-order valence-electron chi connectivity index (χ2n) is 6.51. The minimum atomic E-state index is -1.03. The van der Waals surface area contributed by atoms with Gasteiger partial charge in [0.1, 0.15) is 6.10 Å². The van der Waals surface area contributed by atoms with E-state index in [2.05, 4.69) is 5.43 Å². The van der Waals surface area contributed by atoms with Crippen LogP contribution in [0.1, 0.15) is 59.8 Å². The van der Waals surface area contributed by atoms with Crippen LogP contribution in [0.4, 0.5) is 9.59 Å². The minimum absolute atomic E-state index is 0.0218. The fourth-order valence-corrected chi connectivity index (χ4v) is 2.51. The lowest BCUT2D eigenvalue weighted by Gasteiger charge is -2.21. The molecule has 1 aliphatic rings. The van der Waals surface area contributed by atoms with Crippen molar-refractivity contribution in [3.05, 3.63) is 22.0 Å². The van der Waals surface area contributed by atoms with Crippen LogP contribution in [0.2, 0.25) is 0 Å². The number of hydrogen-bond donors (Lipinski definition) is 1. The molecule has 1 N–H and O–H groups in total. The molecule has 1 rings (SSSR count). The number of nitrogens with zero attached hydrogens (tertiary/aromatic N) is 2. The van der Waals surface area contributed by atoms with Gasteiger partial charge < -0.3 is 19.6 Å². The van der Waals surface area contributed by atoms with Gasteiger partial charge in [-0.2, -0.15) is 4.79 Å². The molecule has 0 aromatic heterocycles. The Morgan fingerprint density at radius 1 is 1.12 bits per heavy atom. The Labute approximate surface area is 147 Å². The summed E-state index contributed by atoms with van der Waals surface area (Å²) in [6, 6.07) is 0. The molecule has 142 valence electrons. The van der Waals surface area contributed by atoms with Crippen molar-refractivity contribution in [2.45, 2.75) is 72.0 Å². The van der Waals surface area contributed by atoms with Gasteiger partial charge in [0, 0.05) is 6.08 Å². The van der Waals surface area contributed by atoms with E-state index in [1.54, 1.807) is 27.7 Å². The van der Waals surface area contributed by atoms with E-state index in [1.165, 1.54) is 6.08 Å². The molecule has 0 aromatic carbocycles. The molecule has 1 fully saturated rings. The predicted octanol–water partition coefficient (Wildman–Crippen LogP) is 3.58. The Hall–Kier alpha value is -2.32. The van der Waals surface area contributed by atoms with Crippen molar-refractivity contribution < 1.29 is 24.0 Å². The molecule has 0 atom stereocenters. The number of rotatable bonds is 5. The molecule has 0 radical (unpaired) electrons. The van der Waals surface area contributed by atoms with Crippen LogP contribution >= 0.6 is 0 Å². The summed E-state index contributed by atoms with van der Waals surface area (Å²) < 4.78 is 9.92.